The summed E-state index contributed by atoms with van der Waals surface area (Å²) in [5.41, 5.74) is 3.26. The summed E-state index contributed by atoms with van der Waals surface area (Å²) in [6.45, 7) is 5.64. The van der Waals surface area contributed by atoms with Crippen LogP contribution in [0.5, 0.6) is 0 Å². The Morgan fingerprint density at radius 2 is 2.03 bits per heavy atom. The third-order valence-electron chi connectivity index (χ3n) is 5.41. The first kappa shape index (κ1) is 21.0. The van der Waals surface area contributed by atoms with Crippen molar-refractivity contribution >= 4 is 21.4 Å². The maximum absolute atomic E-state index is 12.8. The molecule has 1 aliphatic heterocycles. The molecular formula is C19H24N4O5S. The van der Waals surface area contributed by atoms with Crippen LogP contribution in [-0.4, -0.2) is 52.5 Å². The number of carbonyl (C=O) groups excluding carboxylic acids is 1. The number of carbonyl (C=O) groups is 1. The highest BCUT2D eigenvalue weighted by atomic mass is 32.2. The minimum atomic E-state index is -3.02. The summed E-state index contributed by atoms with van der Waals surface area (Å²) in [6.07, 6.45) is 0.542. The van der Waals surface area contributed by atoms with Crippen LogP contribution in [-0.2, 0) is 16.4 Å². The highest BCUT2D eigenvalue weighted by Gasteiger charge is 2.31. The predicted octanol–water partition coefficient (Wildman–Crippen LogP) is 2.35. The number of aryl methyl sites for hydroxylation is 2. The molecule has 156 valence electrons. The van der Waals surface area contributed by atoms with Gasteiger partial charge in [0.05, 0.1) is 28.2 Å². The molecule has 3 rings (SSSR count). The van der Waals surface area contributed by atoms with Crippen molar-refractivity contribution in [3.05, 3.63) is 56.4 Å². The van der Waals surface area contributed by atoms with Crippen molar-refractivity contribution in [3.63, 3.8) is 0 Å². The van der Waals surface area contributed by atoms with Gasteiger partial charge in [-0.2, -0.15) is 5.10 Å². The maximum atomic E-state index is 12.8. The zero-order valence-electron chi connectivity index (χ0n) is 16.9. The lowest BCUT2D eigenvalue weighted by atomic mass is 10.1. The molecule has 2 heterocycles. The first-order chi connectivity index (χ1) is 13.5. The van der Waals surface area contributed by atoms with Crippen LogP contribution in [0.2, 0.25) is 0 Å². The van der Waals surface area contributed by atoms with Crippen molar-refractivity contribution in [1.29, 1.82) is 0 Å². The van der Waals surface area contributed by atoms with E-state index in [2.05, 4.69) is 5.10 Å². The van der Waals surface area contributed by atoms with Crippen molar-refractivity contribution < 1.29 is 18.1 Å². The average molecular weight is 420 g/mol. The molecule has 1 atom stereocenters. The molecule has 10 heteroatoms. The number of rotatable bonds is 5. The molecule has 1 aromatic carbocycles. The van der Waals surface area contributed by atoms with Crippen LogP contribution < -0.4 is 0 Å². The number of benzene rings is 1. The standard InChI is InChI=1S/C19H24N4O5S/c1-12-9-15(5-6-18(12)23(25)26)19(24)21(4)10-17-13(2)20-22(14(17)3)16-7-8-29(27,28)11-16/h5-6,9,16H,7-8,10-11H2,1-4H3. The number of nitrogens with zero attached hydrogens (tertiary/aromatic N) is 4. The largest absolute Gasteiger partial charge is 0.337 e. The molecule has 2 aromatic rings. The molecule has 1 aromatic heterocycles. The zero-order valence-corrected chi connectivity index (χ0v) is 17.7. The van der Waals surface area contributed by atoms with E-state index < -0.39 is 14.8 Å². The predicted molar refractivity (Wildman–Crippen MR) is 108 cm³/mol. The van der Waals surface area contributed by atoms with E-state index in [0.717, 1.165) is 17.0 Å². The number of amides is 1. The fraction of sp³-hybridized carbons (Fsp3) is 0.474. The molecule has 0 aliphatic carbocycles. The summed E-state index contributed by atoms with van der Waals surface area (Å²) < 4.78 is 25.4. The number of nitro groups is 1. The van der Waals surface area contributed by atoms with Crippen LogP contribution >= 0.6 is 0 Å². The Morgan fingerprint density at radius 1 is 1.34 bits per heavy atom. The molecule has 0 spiro atoms. The summed E-state index contributed by atoms with van der Waals surface area (Å²) in [7, 11) is -1.36. The Morgan fingerprint density at radius 3 is 2.59 bits per heavy atom. The van der Waals surface area contributed by atoms with Gasteiger partial charge in [0.25, 0.3) is 11.6 Å². The average Bonchev–Trinajstić information content (AvgIpc) is 3.13. The Balaban J connectivity index is 1.80. The van der Waals surface area contributed by atoms with Gasteiger partial charge in [0, 0.05) is 42.0 Å². The molecule has 0 bridgehead atoms. The molecular weight excluding hydrogens is 396 g/mol. The molecule has 1 saturated heterocycles. The van der Waals surface area contributed by atoms with Gasteiger partial charge in [-0.25, -0.2) is 8.42 Å². The van der Waals surface area contributed by atoms with E-state index in [-0.39, 0.29) is 29.1 Å². The fourth-order valence-corrected chi connectivity index (χ4v) is 5.46. The SMILES string of the molecule is Cc1cc(C(=O)N(C)Cc2c(C)nn(C3CCS(=O)(=O)C3)c2C)ccc1[N+](=O)[O-]. The lowest BCUT2D eigenvalue weighted by Gasteiger charge is -2.18. The van der Waals surface area contributed by atoms with E-state index >= 15 is 0 Å². The van der Waals surface area contributed by atoms with E-state index in [4.69, 9.17) is 0 Å². The summed E-state index contributed by atoms with van der Waals surface area (Å²) in [6, 6.07) is 4.14. The minimum Gasteiger partial charge on any atom is -0.337 e. The van der Waals surface area contributed by atoms with Gasteiger partial charge < -0.3 is 4.90 Å². The summed E-state index contributed by atoms with van der Waals surface area (Å²) in [4.78, 5) is 24.8. The molecule has 9 nitrogen and oxygen atoms in total. The normalized spacial score (nSPS) is 18.0. The Kier molecular flexibility index (Phi) is 5.48. The van der Waals surface area contributed by atoms with Gasteiger partial charge in [0.1, 0.15) is 0 Å². The van der Waals surface area contributed by atoms with Gasteiger partial charge in [-0.15, -0.1) is 0 Å². The van der Waals surface area contributed by atoms with E-state index in [1.807, 2.05) is 13.8 Å². The van der Waals surface area contributed by atoms with Gasteiger partial charge in [-0.1, -0.05) is 0 Å². The van der Waals surface area contributed by atoms with Gasteiger partial charge in [0.2, 0.25) is 0 Å². The first-order valence-electron chi connectivity index (χ1n) is 9.25. The van der Waals surface area contributed by atoms with E-state index in [0.29, 0.717) is 24.1 Å². The molecule has 0 radical (unpaired) electrons. The quantitative estimate of drug-likeness (QED) is 0.542. The lowest BCUT2D eigenvalue weighted by molar-refractivity contribution is -0.385. The molecule has 0 saturated carbocycles. The summed E-state index contributed by atoms with van der Waals surface area (Å²) in [5, 5.41) is 15.5. The van der Waals surface area contributed by atoms with Crippen molar-refractivity contribution in [2.75, 3.05) is 18.6 Å². The van der Waals surface area contributed by atoms with Crippen molar-refractivity contribution in [2.45, 2.75) is 39.8 Å². The molecule has 1 unspecified atom stereocenters. The molecule has 1 fully saturated rings. The first-order valence-corrected chi connectivity index (χ1v) is 11.1. The highest BCUT2D eigenvalue weighted by molar-refractivity contribution is 7.91. The van der Waals surface area contributed by atoms with Crippen LogP contribution in [0, 0.1) is 30.9 Å². The van der Waals surface area contributed by atoms with Gasteiger partial charge in [-0.3, -0.25) is 19.6 Å². The maximum Gasteiger partial charge on any atom is 0.272 e. The van der Waals surface area contributed by atoms with Crippen molar-refractivity contribution in [1.82, 2.24) is 14.7 Å². The Bertz CT molecular complexity index is 1090. The van der Waals surface area contributed by atoms with Crippen LogP contribution in [0.3, 0.4) is 0 Å². The fourth-order valence-electron chi connectivity index (χ4n) is 3.77. The van der Waals surface area contributed by atoms with Crippen LogP contribution in [0.25, 0.3) is 0 Å². The second-order valence-corrected chi connectivity index (χ2v) is 9.80. The van der Waals surface area contributed by atoms with Gasteiger partial charge >= 0.3 is 0 Å². The number of hydrogen-bond acceptors (Lipinski definition) is 6. The third kappa shape index (κ3) is 4.16. The topological polar surface area (TPSA) is 115 Å². The number of sulfone groups is 1. The second kappa shape index (κ2) is 7.58. The molecule has 1 amide bonds. The van der Waals surface area contributed by atoms with E-state index in [9.17, 15) is 23.3 Å². The highest BCUT2D eigenvalue weighted by Crippen LogP contribution is 2.27. The Labute approximate surface area is 169 Å². The van der Waals surface area contributed by atoms with Crippen LogP contribution in [0.4, 0.5) is 5.69 Å². The molecule has 0 N–H and O–H groups in total. The minimum absolute atomic E-state index is 0.0244. The van der Waals surface area contributed by atoms with Gasteiger partial charge in [0.15, 0.2) is 9.84 Å². The number of hydrogen-bond donors (Lipinski definition) is 0. The summed E-state index contributed by atoms with van der Waals surface area (Å²) >= 11 is 0. The summed E-state index contributed by atoms with van der Waals surface area (Å²) in [5.74, 6) is 0.00655. The number of aromatic nitrogens is 2. The smallest absolute Gasteiger partial charge is 0.272 e. The van der Waals surface area contributed by atoms with E-state index in [1.54, 1.807) is 18.7 Å². The van der Waals surface area contributed by atoms with Crippen LogP contribution in [0.1, 0.15) is 45.3 Å². The lowest BCUT2D eigenvalue weighted by Crippen LogP contribution is -2.27. The van der Waals surface area contributed by atoms with Crippen molar-refractivity contribution in [3.8, 4) is 0 Å². The van der Waals surface area contributed by atoms with Crippen LogP contribution in [0.15, 0.2) is 18.2 Å². The molecule has 29 heavy (non-hydrogen) atoms. The second-order valence-electron chi connectivity index (χ2n) is 7.57. The van der Waals surface area contributed by atoms with Crippen molar-refractivity contribution in [2.24, 2.45) is 0 Å². The monoisotopic (exact) mass is 420 g/mol. The number of nitro benzene ring substituents is 1. The Hall–Kier alpha value is -2.75. The zero-order chi connectivity index (χ0) is 21.5. The van der Waals surface area contributed by atoms with E-state index in [1.165, 1.54) is 23.1 Å². The van der Waals surface area contributed by atoms with Gasteiger partial charge in [-0.05, 0) is 39.3 Å². The third-order valence-corrected chi connectivity index (χ3v) is 7.16. The molecule has 1 aliphatic rings.